The zero-order chi connectivity index (χ0) is 18.8. The quantitative estimate of drug-likeness (QED) is 0.555. The minimum absolute atomic E-state index is 0.0907. The molecule has 7 heteroatoms. The third-order valence-electron chi connectivity index (χ3n) is 4.86. The molecule has 7 nitrogen and oxygen atoms in total. The van der Waals surface area contributed by atoms with Crippen molar-refractivity contribution < 1.29 is 9.66 Å². The standard InChI is InChI=1S/C20H20N4O3/c1-27-15-8-6-14(7-9-15)13-23-19-12-21-11-10-17(19)20(22-23)16-4-2-3-5-18(16)24(25)26/h2-9,21H,10-13H2,1H3. The van der Waals surface area contributed by atoms with Gasteiger partial charge in [-0.05, 0) is 36.7 Å². The molecule has 0 saturated carbocycles. The summed E-state index contributed by atoms with van der Waals surface area (Å²) in [6, 6.07) is 14.7. The predicted molar refractivity (Wildman–Crippen MR) is 102 cm³/mol. The van der Waals surface area contributed by atoms with Gasteiger partial charge in [0.15, 0.2) is 0 Å². The van der Waals surface area contributed by atoms with E-state index in [0.29, 0.717) is 24.3 Å². The number of para-hydroxylation sites is 1. The maximum absolute atomic E-state index is 11.5. The van der Waals surface area contributed by atoms with Crippen molar-refractivity contribution in [2.75, 3.05) is 13.7 Å². The number of ether oxygens (including phenoxy) is 1. The highest BCUT2D eigenvalue weighted by atomic mass is 16.6. The second-order valence-corrected chi connectivity index (χ2v) is 6.48. The molecule has 0 unspecified atom stereocenters. The lowest BCUT2D eigenvalue weighted by molar-refractivity contribution is -0.384. The first-order valence-corrected chi connectivity index (χ1v) is 8.83. The summed E-state index contributed by atoms with van der Waals surface area (Å²) < 4.78 is 7.16. The fourth-order valence-corrected chi connectivity index (χ4v) is 3.50. The van der Waals surface area contributed by atoms with Crippen LogP contribution in [0.1, 0.15) is 16.8 Å². The molecule has 1 N–H and O–H groups in total. The van der Waals surface area contributed by atoms with Gasteiger partial charge in [-0.1, -0.05) is 24.3 Å². The van der Waals surface area contributed by atoms with Crippen LogP contribution in [-0.2, 0) is 19.5 Å². The molecule has 2 aromatic carbocycles. The molecule has 2 heterocycles. The monoisotopic (exact) mass is 364 g/mol. The number of nitrogens with zero attached hydrogens (tertiary/aromatic N) is 3. The van der Waals surface area contributed by atoms with E-state index >= 15 is 0 Å². The predicted octanol–water partition coefficient (Wildman–Crippen LogP) is 3.16. The van der Waals surface area contributed by atoms with Crippen LogP contribution in [-0.4, -0.2) is 28.4 Å². The van der Waals surface area contributed by atoms with E-state index in [4.69, 9.17) is 9.84 Å². The van der Waals surface area contributed by atoms with Gasteiger partial charge in [0.1, 0.15) is 11.4 Å². The van der Waals surface area contributed by atoms with Gasteiger partial charge in [0.05, 0.1) is 29.8 Å². The molecule has 0 fully saturated rings. The van der Waals surface area contributed by atoms with Crippen LogP contribution in [0.4, 0.5) is 5.69 Å². The lowest BCUT2D eigenvalue weighted by Gasteiger charge is -2.16. The average Bonchev–Trinajstić information content (AvgIpc) is 3.07. The number of hydrogen-bond acceptors (Lipinski definition) is 5. The van der Waals surface area contributed by atoms with Crippen LogP contribution in [0.3, 0.4) is 0 Å². The maximum atomic E-state index is 11.5. The smallest absolute Gasteiger partial charge is 0.278 e. The fraction of sp³-hybridized carbons (Fsp3) is 0.250. The molecule has 0 bridgehead atoms. The molecule has 4 rings (SSSR count). The molecule has 1 aliphatic heterocycles. The van der Waals surface area contributed by atoms with E-state index < -0.39 is 0 Å². The van der Waals surface area contributed by atoms with Crippen molar-refractivity contribution in [3.05, 3.63) is 75.5 Å². The molecule has 0 spiro atoms. The van der Waals surface area contributed by atoms with E-state index in [0.717, 1.165) is 35.5 Å². The van der Waals surface area contributed by atoms with Crippen LogP contribution in [0.15, 0.2) is 48.5 Å². The minimum Gasteiger partial charge on any atom is -0.497 e. The molecule has 1 aliphatic rings. The summed E-state index contributed by atoms with van der Waals surface area (Å²) in [6.07, 6.45) is 0.805. The summed E-state index contributed by atoms with van der Waals surface area (Å²) >= 11 is 0. The van der Waals surface area contributed by atoms with Gasteiger partial charge in [0.25, 0.3) is 5.69 Å². The van der Waals surface area contributed by atoms with Crippen LogP contribution in [0, 0.1) is 10.1 Å². The number of fused-ring (bicyclic) bond motifs is 1. The fourth-order valence-electron chi connectivity index (χ4n) is 3.50. The number of aromatic nitrogens is 2. The summed E-state index contributed by atoms with van der Waals surface area (Å²) in [7, 11) is 1.64. The van der Waals surface area contributed by atoms with Gasteiger partial charge in [0, 0.05) is 18.2 Å². The molecular formula is C20H20N4O3. The topological polar surface area (TPSA) is 82.2 Å². The number of nitro groups is 1. The maximum Gasteiger partial charge on any atom is 0.278 e. The van der Waals surface area contributed by atoms with Crippen molar-refractivity contribution in [2.24, 2.45) is 0 Å². The van der Waals surface area contributed by atoms with Gasteiger partial charge < -0.3 is 10.1 Å². The van der Waals surface area contributed by atoms with Crippen molar-refractivity contribution in [1.29, 1.82) is 0 Å². The Bertz CT molecular complexity index is 979. The van der Waals surface area contributed by atoms with Crippen LogP contribution in [0.5, 0.6) is 5.75 Å². The number of nitro benzene ring substituents is 1. The summed E-state index contributed by atoms with van der Waals surface area (Å²) in [5.74, 6) is 0.809. The third-order valence-corrected chi connectivity index (χ3v) is 4.86. The molecular weight excluding hydrogens is 344 g/mol. The first kappa shape index (κ1) is 17.2. The molecule has 1 aromatic heterocycles. The van der Waals surface area contributed by atoms with Crippen molar-refractivity contribution in [2.45, 2.75) is 19.5 Å². The van der Waals surface area contributed by atoms with E-state index in [2.05, 4.69) is 5.32 Å². The molecule has 0 saturated heterocycles. The Morgan fingerprint density at radius 2 is 2.00 bits per heavy atom. The zero-order valence-electron chi connectivity index (χ0n) is 15.0. The Labute approximate surface area is 156 Å². The molecule has 3 aromatic rings. The van der Waals surface area contributed by atoms with E-state index in [9.17, 15) is 10.1 Å². The second-order valence-electron chi connectivity index (χ2n) is 6.48. The van der Waals surface area contributed by atoms with Crippen LogP contribution < -0.4 is 10.1 Å². The summed E-state index contributed by atoms with van der Waals surface area (Å²) in [4.78, 5) is 11.1. The number of hydrogen-bond donors (Lipinski definition) is 1. The second kappa shape index (κ2) is 7.20. The van der Waals surface area contributed by atoms with E-state index in [-0.39, 0.29) is 10.6 Å². The third kappa shape index (κ3) is 3.29. The van der Waals surface area contributed by atoms with Crippen LogP contribution in [0.2, 0.25) is 0 Å². The van der Waals surface area contributed by atoms with E-state index in [1.54, 1.807) is 19.2 Å². The molecule has 0 aliphatic carbocycles. The van der Waals surface area contributed by atoms with Crippen molar-refractivity contribution in [1.82, 2.24) is 15.1 Å². The number of nitrogens with one attached hydrogen (secondary N) is 1. The SMILES string of the molecule is COc1ccc(Cn2nc(-c3ccccc3[N+](=O)[O-])c3c2CNCC3)cc1. The Morgan fingerprint density at radius 3 is 2.74 bits per heavy atom. The van der Waals surface area contributed by atoms with Gasteiger partial charge >= 0.3 is 0 Å². The van der Waals surface area contributed by atoms with Gasteiger partial charge in [-0.3, -0.25) is 14.8 Å². The Morgan fingerprint density at radius 1 is 1.22 bits per heavy atom. The number of methoxy groups -OCH3 is 1. The lowest BCUT2D eigenvalue weighted by atomic mass is 10.00. The lowest BCUT2D eigenvalue weighted by Crippen LogP contribution is -2.25. The van der Waals surface area contributed by atoms with Crippen LogP contribution in [0.25, 0.3) is 11.3 Å². The highest BCUT2D eigenvalue weighted by Crippen LogP contribution is 2.34. The molecule has 0 radical (unpaired) electrons. The normalized spacial score (nSPS) is 13.2. The molecule has 0 atom stereocenters. The largest absolute Gasteiger partial charge is 0.497 e. The molecule has 138 valence electrons. The van der Waals surface area contributed by atoms with Crippen LogP contribution >= 0.6 is 0 Å². The zero-order valence-corrected chi connectivity index (χ0v) is 15.0. The average molecular weight is 364 g/mol. The first-order valence-electron chi connectivity index (χ1n) is 8.83. The van der Waals surface area contributed by atoms with Crippen molar-refractivity contribution in [3.63, 3.8) is 0 Å². The van der Waals surface area contributed by atoms with Gasteiger partial charge in [-0.25, -0.2) is 0 Å². The van der Waals surface area contributed by atoms with E-state index in [1.165, 1.54) is 6.07 Å². The van der Waals surface area contributed by atoms with Crippen molar-refractivity contribution >= 4 is 5.69 Å². The molecule has 27 heavy (non-hydrogen) atoms. The minimum atomic E-state index is -0.342. The van der Waals surface area contributed by atoms with E-state index in [1.807, 2.05) is 35.0 Å². The Hall–Kier alpha value is -3.19. The highest BCUT2D eigenvalue weighted by Gasteiger charge is 2.25. The number of rotatable bonds is 5. The molecule has 0 amide bonds. The summed E-state index contributed by atoms with van der Waals surface area (Å²) in [5, 5.41) is 19.6. The summed E-state index contributed by atoms with van der Waals surface area (Å²) in [5.41, 5.74) is 4.66. The number of benzene rings is 2. The van der Waals surface area contributed by atoms with Gasteiger partial charge in [-0.2, -0.15) is 5.10 Å². The first-order chi connectivity index (χ1) is 13.2. The Balaban J connectivity index is 1.77. The van der Waals surface area contributed by atoms with Crippen molar-refractivity contribution in [3.8, 4) is 17.0 Å². The Kier molecular flexibility index (Phi) is 4.60. The summed E-state index contributed by atoms with van der Waals surface area (Å²) in [6.45, 7) is 2.16. The highest BCUT2D eigenvalue weighted by molar-refractivity contribution is 5.73. The van der Waals surface area contributed by atoms with Gasteiger partial charge in [0.2, 0.25) is 0 Å². The van der Waals surface area contributed by atoms with Gasteiger partial charge in [-0.15, -0.1) is 0 Å².